The van der Waals surface area contributed by atoms with Gasteiger partial charge in [-0.25, -0.2) is 0 Å². The molecule has 0 aliphatic heterocycles. The molecule has 0 spiro atoms. The first-order valence-electron chi connectivity index (χ1n) is 9.36. The summed E-state index contributed by atoms with van der Waals surface area (Å²) in [6.07, 6.45) is 0. The van der Waals surface area contributed by atoms with E-state index in [1.807, 2.05) is 72.8 Å². The molecule has 2 N–H and O–H groups in total. The van der Waals surface area contributed by atoms with Crippen LogP contribution < -0.4 is 20.1 Å². The van der Waals surface area contributed by atoms with E-state index < -0.39 is 0 Å². The number of carbonyl (C=O) groups excluding carboxylic acids is 1. The van der Waals surface area contributed by atoms with Crippen LogP contribution in [0.3, 0.4) is 0 Å². The summed E-state index contributed by atoms with van der Waals surface area (Å²) in [5.41, 5.74) is 1.57. The molecule has 6 heteroatoms. The number of amides is 1. The van der Waals surface area contributed by atoms with Gasteiger partial charge in [0, 0.05) is 11.6 Å². The quantitative estimate of drug-likeness (QED) is 0.482. The summed E-state index contributed by atoms with van der Waals surface area (Å²) in [5.74, 6) is 1.24. The maximum absolute atomic E-state index is 12.3. The normalized spacial score (nSPS) is 10.4. The highest BCUT2D eigenvalue weighted by atomic mass is 35.5. The molecule has 0 aromatic heterocycles. The van der Waals surface area contributed by atoms with E-state index in [-0.39, 0.29) is 12.5 Å². The molecule has 3 rings (SSSR count). The van der Waals surface area contributed by atoms with E-state index in [0.29, 0.717) is 36.2 Å². The van der Waals surface area contributed by atoms with Gasteiger partial charge in [0.1, 0.15) is 24.7 Å². The van der Waals surface area contributed by atoms with E-state index in [1.165, 1.54) is 0 Å². The molecule has 0 saturated carbocycles. The van der Waals surface area contributed by atoms with E-state index in [2.05, 4.69) is 10.6 Å². The number of hydrogen-bond donors (Lipinski definition) is 2. The first-order chi connectivity index (χ1) is 14.2. The van der Waals surface area contributed by atoms with Gasteiger partial charge in [-0.15, -0.1) is 0 Å². The van der Waals surface area contributed by atoms with E-state index >= 15 is 0 Å². The lowest BCUT2D eigenvalue weighted by molar-refractivity contribution is -0.115. The van der Waals surface area contributed by atoms with Gasteiger partial charge in [-0.05, 0) is 35.9 Å². The standard InChI is InChI=1S/C23H23ClN2O3/c24-20-11-5-4-8-18(20)16-25-17-23(27)26-21-12-6-7-13-22(21)29-15-14-28-19-9-2-1-3-10-19/h1-13,25H,14-17H2,(H,26,27). The highest BCUT2D eigenvalue weighted by molar-refractivity contribution is 6.31. The first-order valence-corrected chi connectivity index (χ1v) is 9.74. The molecular formula is C23H23ClN2O3. The van der Waals surface area contributed by atoms with Crippen LogP contribution in [0.15, 0.2) is 78.9 Å². The molecule has 1 amide bonds. The maximum Gasteiger partial charge on any atom is 0.238 e. The second kappa shape index (κ2) is 11.1. The molecule has 0 bridgehead atoms. The van der Waals surface area contributed by atoms with Gasteiger partial charge in [0.25, 0.3) is 0 Å². The third-order valence-corrected chi connectivity index (χ3v) is 4.44. The Kier molecular flexibility index (Phi) is 7.92. The van der Waals surface area contributed by atoms with Crippen molar-refractivity contribution in [2.75, 3.05) is 25.1 Å². The topological polar surface area (TPSA) is 59.6 Å². The van der Waals surface area contributed by atoms with Crippen LogP contribution in [-0.2, 0) is 11.3 Å². The number of carbonyl (C=O) groups is 1. The van der Waals surface area contributed by atoms with Crippen molar-refractivity contribution in [2.45, 2.75) is 6.54 Å². The SMILES string of the molecule is O=C(CNCc1ccccc1Cl)Nc1ccccc1OCCOc1ccccc1. The third kappa shape index (κ3) is 6.82. The molecular weight excluding hydrogens is 388 g/mol. The van der Waals surface area contributed by atoms with Gasteiger partial charge in [0.2, 0.25) is 5.91 Å². The number of para-hydroxylation sites is 3. The zero-order valence-electron chi connectivity index (χ0n) is 15.9. The largest absolute Gasteiger partial charge is 0.490 e. The molecule has 3 aromatic carbocycles. The van der Waals surface area contributed by atoms with Gasteiger partial charge >= 0.3 is 0 Å². The highest BCUT2D eigenvalue weighted by Gasteiger charge is 2.08. The predicted octanol–water partition coefficient (Wildman–Crippen LogP) is 4.53. The van der Waals surface area contributed by atoms with Crippen LogP contribution in [0.1, 0.15) is 5.56 Å². The van der Waals surface area contributed by atoms with Crippen molar-refractivity contribution < 1.29 is 14.3 Å². The number of hydrogen-bond acceptors (Lipinski definition) is 4. The summed E-state index contributed by atoms with van der Waals surface area (Å²) in [7, 11) is 0. The second-order valence-electron chi connectivity index (χ2n) is 6.25. The maximum atomic E-state index is 12.3. The zero-order valence-corrected chi connectivity index (χ0v) is 16.7. The smallest absolute Gasteiger partial charge is 0.238 e. The number of benzene rings is 3. The van der Waals surface area contributed by atoms with E-state index in [1.54, 1.807) is 6.07 Å². The molecule has 0 radical (unpaired) electrons. The summed E-state index contributed by atoms with van der Waals surface area (Å²) < 4.78 is 11.4. The van der Waals surface area contributed by atoms with Gasteiger partial charge in [0.05, 0.1) is 12.2 Å². The van der Waals surface area contributed by atoms with Gasteiger partial charge in [-0.1, -0.05) is 60.1 Å². The van der Waals surface area contributed by atoms with Crippen LogP contribution in [0, 0.1) is 0 Å². The summed E-state index contributed by atoms with van der Waals surface area (Å²) >= 11 is 6.12. The van der Waals surface area contributed by atoms with Crippen molar-refractivity contribution in [3.05, 3.63) is 89.4 Å². The van der Waals surface area contributed by atoms with Gasteiger partial charge in [0.15, 0.2) is 0 Å². The van der Waals surface area contributed by atoms with Crippen molar-refractivity contribution in [1.29, 1.82) is 0 Å². The molecule has 0 aliphatic carbocycles. The summed E-state index contributed by atoms with van der Waals surface area (Å²) in [6, 6.07) is 24.4. The molecule has 29 heavy (non-hydrogen) atoms. The van der Waals surface area contributed by atoms with Crippen LogP contribution in [-0.4, -0.2) is 25.7 Å². The fourth-order valence-corrected chi connectivity index (χ4v) is 2.87. The van der Waals surface area contributed by atoms with E-state index in [0.717, 1.165) is 11.3 Å². The molecule has 0 aliphatic rings. The van der Waals surface area contributed by atoms with E-state index in [9.17, 15) is 4.79 Å². The molecule has 150 valence electrons. The molecule has 0 atom stereocenters. The van der Waals surface area contributed by atoms with Crippen molar-refractivity contribution in [2.24, 2.45) is 0 Å². The molecule has 0 saturated heterocycles. The third-order valence-electron chi connectivity index (χ3n) is 4.07. The molecule has 0 heterocycles. The lowest BCUT2D eigenvalue weighted by Gasteiger charge is -2.13. The number of rotatable bonds is 10. The Labute approximate surface area is 175 Å². The monoisotopic (exact) mass is 410 g/mol. The van der Waals surface area contributed by atoms with Crippen LogP contribution in [0.2, 0.25) is 5.02 Å². The number of anilines is 1. The summed E-state index contributed by atoms with van der Waals surface area (Å²) in [5, 5.41) is 6.64. The van der Waals surface area contributed by atoms with E-state index in [4.69, 9.17) is 21.1 Å². The van der Waals surface area contributed by atoms with Gasteiger partial charge < -0.3 is 20.1 Å². The minimum Gasteiger partial charge on any atom is -0.490 e. The highest BCUT2D eigenvalue weighted by Crippen LogP contribution is 2.23. The Bertz CT molecular complexity index is 919. The second-order valence-corrected chi connectivity index (χ2v) is 6.66. The predicted molar refractivity (Wildman–Crippen MR) is 116 cm³/mol. The number of halogens is 1. The lowest BCUT2D eigenvalue weighted by Crippen LogP contribution is -2.28. The minimum absolute atomic E-state index is 0.159. The van der Waals surface area contributed by atoms with Crippen LogP contribution in [0.25, 0.3) is 0 Å². The van der Waals surface area contributed by atoms with Crippen LogP contribution >= 0.6 is 11.6 Å². The van der Waals surface area contributed by atoms with Gasteiger partial charge in [-0.3, -0.25) is 4.79 Å². The van der Waals surface area contributed by atoms with Gasteiger partial charge in [-0.2, -0.15) is 0 Å². The summed E-state index contributed by atoms with van der Waals surface area (Å²) in [4.78, 5) is 12.3. The van der Waals surface area contributed by atoms with Crippen molar-refractivity contribution in [1.82, 2.24) is 5.32 Å². The molecule has 5 nitrogen and oxygen atoms in total. The Morgan fingerprint density at radius 3 is 2.34 bits per heavy atom. The number of ether oxygens (including phenoxy) is 2. The fraction of sp³-hybridized carbons (Fsp3) is 0.174. The molecule has 0 unspecified atom stereocenters. The molecule has 0 fully saturated rings. The Hall–Kier alpha value is -3.02. The Morgan fingerprint density at radius 1 is 0.828 bits per heavy atom. The molecule has 3 aromatic rings. The van der Waals surface area contributed by atoms with Crippen molar-refractivity contribution in [3.63, 3.8) is 0 Å². The average molecular weight is 411 g/mol. The lowest BCUT2D eigenvalue weighted by atomic mass is 10.2. The Balaban J connectivity index is 1.44. The average Bonchev–Trinajstić information content (AvgIpc) is 2.74. The minimum atomic E-state index is -0.159. The van der Waals surface area contributed by atoms with Crippen LogP contribution in [0.4, 0.5) is 5.69 Å². The number of nitrogens with one attached hydrogen (secondary N) is 2. The Morgan fingerprint density at radius 2 is 1.52 bits per heavy atom. The van der Waals surface area contributed by atoms with Crippen LogP contribution in [0.5, 0.6) is 11.5 Å². The fourth-order valence-electron chi connectivity index (χ4n) is 2.67. The zero-order chi connectivity index (χ0) is 20.3. The van der Waals surface area contributed by atoms with Crippen molar-refractivity contribution in [3.8, 4) is 11.5 Å². The summed E-state index contributed by atoms with van der Waals surface area (Å²) in [6.45, 7) is 1.46. The first kappa shape index (κ1) is 20.7. The van der Waals surface area contributed by atoms with Crippen molar-refractivity contribution >= 4 is 23.2 Å².